The van der Waals surface area contributed by atoms with Gasteiger partial charge in [-0.1, -0.05) is 0 Å². The SMILES string of the molecule is CCOC.COC(=O)CS.COCC(=O)CSC. The van der Waals surface area contributed by atoms with E-state index >= 15 is 0 Å². The van der Waals surface area contributed by atoms with Crippen molar-refractivity contribution < 1.29 is 23.8 Å². The smallest absolute Gasteiger partial charge is 0.315 e. The van der Waals surface area contributed by atoms with E-state index in [4.69, 9.17) is 0 Å². The molecule has 0 saturated heterocycles. The van der Waals surface area contributed by atoms with Gasteiger partial charge in [0.05, 0.1) is 18.6 Å². The number of rotatable bonds is 6. The lowest BCUT2D eigenvalue weighted by molar-refractivity contribution is -0.137. The first kappa shape index (κ1) is 22.9. The van der Waals surface area contributed by atoms with Crippen LogP contribution in [0.2, 0.25) is 0 Å². The van der Waals surface area contributed by atoms with Gasteiger partial charge < -0.3 is 14.2 Å². The Balaban J connectivity index is -0.000000200. The van der Waals surface area contributed by atoms with Crippen LogP contribution >= 0.6 is 24.4 Å². The molecule has 0 unspecified atom stereocenters. The zero-order valence-corrected chi connectivity index (χ0v) is 13.4. The zero-order valence-electron chi connectivity index (χ0n) is 11.7. The van der Waals surface area contributed by atoms with Crippen molar-refractivity contribution in [3.05, 3.63) is 0 Å². The molecule has 0 aromatic heterocycles. The molecule has 7 heteroatoms. The number of carbonyl (C=O) groups is 2. The minimum absolute atomic E-state index is 0.153. The predicted octanol–water partition coefficient (Wildman–Crippen LogP) is 1.31. The maximum absolute atomic E-state index is 10.5. The topological polar surface area (TPSA) is 61.8 Å². The molecule has 0 aliphatic rings. The summed E-state index contributed by atoms with van der Waals surface area (Å²) in [5.41, 5.74) is 0. The predicted molar refractivity (Wildman–Crippen MR) is 78.7 cm³/mol. The van der Waals surface area contributed by atoms with Gasteiger partial charge in [0.1, 0.15) is 6.61 Å². The van der Waals surface area contributed by atoms with Crippen molar-refractivity contribution >= 4 is 36.1 Å². The maximum atomic E-state index is 10.5. The molecule has 0 aromatic carbocycles. The molecule has 0 atom stereocenters. The van der Waals surface area contributed by atoms with Gasteiger partial charge in [-0.25, -0.2) is 0 Å². The van der Waals surface area contributed by atoms with Crippen LogP contribution in [0.5, 0.6) is 0 Å². The van der Waals surface area contributed by atoms with Crippen molar-refractivity contribution in [3.63, 3.8) is 0 Å². The van der Waals surface area contributed by atoms with Crippen molar-refractivity contribution in [3.8, 4) is 0 Å². The molecular formula is C11H24O5S2. The number of thioether (sulfide) groups is 1. The first-order chi connectivity index (χ1) is 8.53. The summed E-state index contributed by atoms with van der Waals surface area (Å²) in [6.45, 7) is 3.03. The molecule has 0 amide bonds. The lowest BCUT2D eigenvalue weighted by Crippen LogP contribution is -2.08. The Morgan fingerprint density at radius 1 is 1.17 bits per heavy atom. The van der Waals surface area contributed by atoms with Crippen LogP contribution in [0.1, 0.15) is 6.92 Å². The van der Waals surface area contributed by atoms with E-state index in [2.05, 4.69) is 26.8 Å². The van der Waals surface area contributed by atoms with Gasteiger partial charge in [-0.2, -0.15) is 24.4 Å². The van der Waals surface area contributed by atoms with Crippen LogP contribution in [0.25, 0.3) is 0 Å². The molecule has 0 N–H and O–H groups in total. The Hall–Kier alpha value is -0.240. The summed E-state index contributed by atoms with van der Waals surface area (Å²) >= 11 is 5.14. The number of ketones is 1. The van der Waals surface area contributed by atoms with Gasteiger partial charge in [0.15, 0.2) is 5.78 Å². The van der Waals surface area contributed by atoms with E-state index in [1.165, 1.54) is 26.0 Å². The fourth-order valence-electron chi connectivity index (χ4n) is 0.428. The lowest BCUT2D eigenvalue weighted by atomic mass is 10.5. The molecule has 0 aromatic rings. The number of esters is 1. The third-order valence-electron chi connectivity index (χ3n) is 1.26. The van der Waals surface area contributed by atoms with Crippen molar-refractivity contribution in [1.29, 1.82) is 0 Å². The second kappa shape index (κ2) is 22.0. The molecule has 0 spiro atoms. The molecule has 0 heterocycles. The number of ether oxygens (including phenoxy) is 3. The molecule has 110 valence electrons. The van der Waals surface area contributed by atoms with Gasteiger partial charge in [0.2, 0.25) is 0 Å². The van der Waals surface area contributed by atoms with E-state index in [0.29, 0.717) is 5.75 Å². The number of hydrogen-bond donors (Lipinski definition) is 1. The van der Waals surface area contributed by atoms with E-state index in [9.17, 15) is 9.59 Å². The monoisotopic (exact) mass is 300 g/mol. The quantitative estimate of drug-likeness (QED) is 0.589. The van der Waals surface area contributed by atoms with Crippen LogP contribution in [-0.2, 0) is 23.8 Å². The zero-order chi connectivity index (χ0) is 14.8. The van der Waals surface area contributed by atoms with Crippen LogP contribution < -0.4 is 0 Å². The summed E-state index contributed by atoms with van der Waals surface area (Å²) < 4.78 is 13.3. The highest BCUT2D eigenvalue weighted by Gasteiger charge is 1.95. The second-order valence-electron chi connectivity index (χ2n) is 2.72. The van der Waals surface area contributed by atoms with E-state index in [0.717, 1.165) is 6.61 Å². The molecule has 5 nitrogen and oxygen atoms in total. The highest BCUT2D eigenvalue weighted by molar-refractivity contribution is 7.99. The van der Waals surface area contributed by atoms with Crippen LogP contribution in [0.3, 0.4) is 0 Å². The first-order valence-electron chi connectivity index (χ1n) is 5.20. The standard InChI is InChI=1S/C5H10O2S.C3H6O2S.C3H8O/c1-7-3-5(6)4-8-2;1-5-3(4)2-6;1-3-4-2/h3-4H2,1-2H3;6H,2H2,1H3;3H2,1-2H3. The number of carbonyl (C=O) groups excluding carboxylic acids is 2. The van der Waals surface area contributed by atoms with Crippen molar-refractivity contribution in [1.82, 2.24) is 0 Å². The Morgan fingerprint density at radius 3 is 1.83 bits per heavy atom. The van der Waals surface area contributed by atoms with Gasteiger partial charge >= 0.3 is 5.97 Å². The number of hydrogen-bond acceptors (Lipinski definition) is 7. The van der Waals surface area contributed by atoms with Gasteiger partial charge in [-0.3, -0.25) is 9.59 Å². The van der Waals surface area contributed by atoms with E-state index in [-0.39, 0.29) is 24.1 Å². The summed E-state index contributed by atoms with van der Waals surface area (Å²) in [6, 6.07) is 0. The van der Waals surface area contributed by atoms with Crippen LogP contribution in [-0.4, -0.2) is 64.1 Å². The summed E-state index contributed by atoms with van der Waals surface area (Å²) in [4.78, 5) is 20.4. The summed E-state index contributed by atoms with van der Waals surface area (Å²) in [7, 11) is 4.54. The van der Waals surface area contributed by atoms with Crippen molar-refractivity contribution in [2.45, 2.75) is 6.92 Å². The minimum Gasteiger partial charge on any atom is -0.468 e. The van der Waals surface area contributed by atoms with Crippen LogP contribution in [0, 0.1) is 0 Å². The van der Waals surface area contributed by atoms with Gasteiger partial charge in [-0.15, -0.1) is 0 Å². The first-order valence-corrected chi connectivity index (χ1v) is 7.22. The van der Waals surface area contributed by atoms with E-state index in [1.807, 2.05) is 13.2 Å². The highest BCUT2D eigenvalue weighted by Crippen LogP contribution is 1.90. The minimum atomic E-state index is -0.293. The fraction of sp³-hybridized carbons (Fsp3) is 0.818. The summed E-state index contributed by atoms with van der Waals surface area (Å²) in [5.74, 6) is 0.586. The maximum Gasteiger partial charge on any atom is 0.315 e. The molecule has 0 bridgehead atoms. The molecular weight excluding hydrogens is 276 g/mol. The van der Waals surface area contributed by atoms with Gasteiger partial charge in [0.25, 0.3) is 0 Å². The average molecular weight is 300 g/mol. The van der Waals surface area contributed by atoms with Crippen molar-refractivity contribution in [2.24, 2.45) is 0 Å². The van der Waals surface area contributed by atoms with E-state index < -0.39 is 0 Å². The molecule has 0 rings (SSSR count). The Kier molecular flexibility index (Phi) is 28.0. The van der Waals surface area contributed by atoms with E-state index in [1.54, 1.807) is 7.11 Å². The normalized spacial score (nSPS) is 8.33. The second-order valence-corrected chi connectivity index (χ2v) is 3.90. The summed E-state index contributed by atoms with van der Waals surface area (Å²) in [5, 5.41) is 0. The number of Topliss-reactive ketones (excluding diaryl/α,β-unsaturated/α-hetero) is 1. The third kappa shape index (κ3) is 29.7. The molecule has 0 radical (unpaired) electrons. The lowest BCUT2D eigenvalue weighted by Gasteiger charge is -1.92. The average Bonchev–Trinajstić information content (AvgIpc) is 2.39. The molecule has 18 heavy (non-hydrogen) atoms. The molecule has 0 aliphatic heterocycles. The molecule has 0 aliphatic carbocycles. The van der Waals surface area contributed by atoms with Crippen LogP contribution in [0.4, 0.5) is 0 Å². The number of methoxy groups -OCH3 is 3. The molecule has 0 fully saturated rings. The number of thiol groups is 1. The Morgan fingerprint density at radius 2 is 1.67 bits per heavy atom. The van der Waals surface area contributed by atoms with Gasteiger partial charge in [-0.05, 0) is 13.2 Å². The van der Waals surface area contributed by atoms with Crippen molar-refractivity contribution in [2.75, 3.05) is 52.3 Å². The summed E-state index contributed by atoms with van der Waals surface area (Å²) in [6.07, 6.45) is 1.90. The highest BCUT2D eigenvalue weighted by atomic mass is 32.2. The Labute approximate surface area is 119 Å². The molecule has 0 saturated carbocycles. The Bertz CT molecular complexity index is 172. The largest absolute Gasteiger partial charge is 0.468 e. The third-order valence-corrected chi connectivity index (χ3v) is 2.12. The fourth-order valence-corrected chi connectivity index (χ4v) is 0.963. The van der Waals surface area contributed by atoms with Gasteiger partial charge in [0, 0.05) is 20.8 Å². The van der Waals surface area contributed by atoms with Crippen LogP contribution in [0.15, 0.2) is 0 Å².